The van der Waals surface area contributed by atoms with Crippen LogP contribution >= 0.6 is 0 Å². The highest BCUT2D eigenvalue weighted by Crippen LogP contribution is 2.29. The van der Waals surface area contributed by atoms with Crippen molar-refractivity contribution in [2.75, 3.05) is 37.7 Å². The molecular formula is C23H27N5O2. The number of hydrogen-bond donors (Lipinski definition) is 0. The van der Waals surface area contributed by atoms with Gasteiger partial charge in [-0.25, -0.2) is 4.68 Å². The van der Waals surface area contributed by atoms with Gasteiger partial charge in [-0.05, 0) is 56.2 Å². The number of rotatable bonds is 5. The molecule has 0 bridgehead atoms. The zero-order valence-electron chi connectivity index (χ0n) is 17.7. The molecule has 0 aliphatic carbocycles. The van der Waals surface area contributed by atoms with Crippen molar-refractivity contribution in [1.82, 2.24) is 19.9 Å². The molecule has 0 unspecified atom stereocenters. The lowest BCUT2D eigenvalue weighted by molar-refractivity contribution is 0.0740. The molecule has 0 saturated carbocycles. The van der Waals surface area contributed by atoms with Gasteiger partial charge in [-0.15, -0.1) is 5.10 Å². The van der Waals surface area contributed by atoms with E-state index in [9.17, 15) is 4.79 Å². The van der Waals surface area contributed by atoms with Crippen LogP contribution < -0.4 is 9.64 Å². The van der Waals surface area contributed by atoms with Crippen molar-refractivity contribution in [3.05, 3.63) is 65.5 Å². The summed E-state index contributed by atoms with van der Waals surface area (Å²) in [5.74, 6) is 0.805. The smallest absolute Gasteiger partial charge is 0.276 e. The van der Waals surface area contributed by atoms with Gasteiger partial charge < -0.3 is 14.5 Å². The van der Waals surface area contributed by atoms with Crippen LogP contribution in [0.1, 0.15) is 28.5 Å². The molecule has 156 valence electrons. The predicted octanol–water partition coefficient (Wildman–Crippen LogP) is 3.25. The second-order valence-electron chi connectivity index (χ2n) is 7.50. The fourth-order valence-electron chi connectivity index (χ4n) is 3.66. The van der Waals surface area contributed by atoms with Gasteiger partial charge in [0.1, 0.15) is 5.75 Å². The van der Waals surface area contributed by atoms with Gasteiger partial charge in [0, 0.05) is 26.2 Å². The van der Waals surface area contributed by atoms with Crippen molar-refractivity contribution in [3.63, 3.8) is 0 Å². The van der Waals surface area contributed by atoms with Crippen LogP contribution in [0.25, 0.3) is 5.69 Å². The van der Waals surface area contributed by atoms with Gasteiger partial charge in [-0.2, -0.15) is 0 Å². The molecule has 2 aromatic carbocycles. The lowest BCUT2D eigenvalue weighted by Gasteiger charge is -2.36. The van der Waals surface area contributed by atoms with Crippen molar-refractivity contribution in [2.24, 2.45) is 0 Å². The van der Waals surface area contributed by atoms with Crippen molar-refractivity contribution >= 4 is 11.6 Å². The Morgan fingerprint density at radius 1 is 1.03 bits per heavy atom. The van der Waals surface area contributed by atoms with Crippen LogP contribution in [-0.2, 0) is 0 Å². The lowest BCUT2D eigenvalue weighted by Crippen LogP contribution is -2.49. The van der Waals surface area contributed by atoms with Crippen LogP contribution in [0.2, 0.25) is 0 Å². The molecule has 1 aromatic heterocycles. The van der Waals surface area contributed by atoms with Gasteiger partial charge in [0.25, 0.3) is 5.91 Å². The fraction of sp³-hybridized carbons (Fsp3) is 0.348. The number of piperazine rings is 1. The summed E-state index contributed by atoms with van der Waals surface area (Å²) in [6.07, 6.45) is 1.71. The maximum Gasteiger partial charge on any atom is 0.276 e. The highest BCUT2D eigenvalue weighted by atomic mass is 16.5. The van der Waals surface area contributed by atoms with E-state index in [-0.39, 0.29) is 5.91 Å². The first kappa shape index (κ1) is 19.9. The third-order valence-corrected chi connectivity index (χ3v) is 5.54. The Balaban J connectivity index is 1.43. The number of amides is 1. The Hall–Kier alpha value is -3.35. The highest BCUT2D eigenvalue weighted by Gasteiger charge is 2.25. The molecule has 1 saturated heterocycles. The first-order valence-corrected chi connectivity index (χ1v) is 10.3. The SMILES string of the molecule is CCOc1ccccc1N1CCN(C(=O)c2cn(-c3ccc(C)c(C)c3)nn2)CC1. The summed E-state index contributed by atoms with van der Waals surface area (Å²) < 4.78 is 7.41. The number of carbonyl (C=O) groups is 1. The second-order valence-corrected chi connectivity index (χ2v) is 7.50. The van der Waals surface area contributed by atoms with Crippen molar-refractivity contribution in [2.45, 2.75) is 20.8 Å². The number of benzene rings is 2. The molecule has 0 spiro atoms. The Morgan fingerprint density at radius 2 is 1.80 bits per heavy atom. The number of anilines is 1. The standard InChI is InChI=1S/C23H27N5O2/c1-4-30-22-8-6-5-7-21(22)26-11-13-27(14-12-26)23(29)20-16-28(25-24-20)19-10-9-17(2)18(3)15-19/h5-10,15-16H,4,11-14H2,1-3H3. The molecule has 0 radical (unpaired) electrons. The largest absolute Gasteiger partial charge is 0.492 e. The summed E-state index contributed by atoms with van der Waals surface area (Å²) in [7, 11) is 0. The quantitative estimate of drug-likeness (QED) is 0.652. The summed E-state index contributed by atoms with van der Waals surface area (Å²) in [5.41, 5.74) is 4.75. The van der Waals surface area contributed by atoms with Crippen LogP contribution in [0.4, 0.5) is 5.69 Å². The average Bonchev–Trinajstić information content (AvgIpc) is 3.26. The van der Waals surface area contributed by atoms with Crippen molar-refractivity contribution in [3.8, 4) is 11.4 Å². The Kier molecular flexibility index (Phi) is 5.70. The van der Waals surface area contributed by atoms with E-state index in [4.69, 9.17) is 4.74 Å². The molecule has 1 fully saturated rings. The third kappa shape index (κ3) is 4.01. The Bertz CT molecular complexity index is 1040. The van der Waals surface area contributed by atoms with E-state index in [1.54, 1.807) is 10.9 Å². The normalized spacial score (nSPS) is 14.1. The molecule has 7 nitrogen and oxygen atoms in total. The Morgan fingerprint density at radius 3 is 2.53 bits per heavy atom. The van der Waals surface area contributed by atoms with E-state index in [1.165, 1.54) is 11.1 Å². The maximum absolute atomic E-state index is 12.9. The molecule has 2 heterocycles. The Labute approximate surface area is 176 Å². The van der Waals surface area contributed by atoms with E-state index in [0.29, 0.717) is 25.4 Å². The van der Waals surface area contributed by atoms with Crippen LogP contribution in [0.5, 0.6) is 5.75 Å². The summed E-state index contributed by atoms with van der Waals surface area (Å²) in [4.78, 5) is 17.1. The minimum absolute atomic E-state index is 0.0807. The lowest BCUT2D eigenvalue weighted by atomic mass is 10.1. The number of hydrogen-bond acceptors (Lipinski definition) is 5. The summed E-state index contributed by atoms with van der Waals surface area (Å²) in [5, 5.41) is 8.28. The monoisotopic (exact) mass is 405 g/mol. The summed E-state index contributed by atoms with van der Waals surface area (Å²) in [6, 6.07) is 14.1. The average molecular weight is 406 g/mol. The van der Waals surface area contributed by atoms with Gasteiger partial charge in [0.05, 0.1) is 24.2 Å². The van der Waals surface area contributed by atoms with Gasteiger partial charge in [0.15, 0.2) is 5.69 Å². The zero-order valence-corrected chi connectivity index (χ0v) is 17.7. The van der Waals surface area contributed by atoms with E-state index < -0.39 is 0 Å². The number of ether oxygens (including phenoxy) is 1. The van der Waals surface area contributed by atoms with Crippen LogP contribution in [-0.4, -0.2) is 58.6 Å². The molecule has 1 amide bonds. The summed E-state index contributed by atoms with van der Waals surface area (Å²) >= 11 is 0. The minimum Gasteiger partial charge on any atom is -0.492 e. The first-order chi connectivity index (χ1) is 14.6. The molecule has 0 atom stereocenters. The molecule has 1 aliphatic rings. The van der Waals surface area contributed by atoms with Crippen molar-refractivity contribution in [1.29, 1.82) is 0 Å². The number of para-hydroxylation sites is 2. The minimum atomic E-state index is -0.0807. The van der Waals surface area contributed by atoms with E-state index >= 15 is 0 Å². The molecule has 7 heteroatoms. The number of aromatic nitrogens is 3. The third-order valence-electron chi connectivity index (χ3n) is 5.54. The molecular weight excluding hydrogens is 378 g/mol. The fourth-order valence-corrected chi connectivity index (χ4v) is 3.66. The van der Waals surface area contributed by atoms with E-state index in [2.05, 4.69) is 35.1 Å². The van der Waals surface area contributed by atoms with Gasteiger partial charge >= 0.3 is 0 Å². The topological polar surface area (TPSA) is 63.5 Å². The van der Waals surface area contributed by atoms with Gasteiger partial charge in [-0.1, -0.05) is 23.4 Å². The highest BCUT2D eigenvalue weighted by molar-refractivity contribution is 5.92. The number of aryl methyl sites for hydroxylation is 2. The van der Waals surface area contributed by atoms with Crippen molar-refractivity contribution < 1.29 is 9.53 Å². The maximum atomic E-state index is 12.9. The molecule has 3 aromatic rings. The molecule has 0 N–H and O–H groups in total. The molecule has 4 rings (SSSR count). The van der Waals surface area contributed by atoms with Crippen LogP contribution in [0.15, 0.2) is 48.7 Å². The van der Waals surface area contributed by atoms with Crippen LogP contribution in [0, 0.1) is 13.8 Å². The molecule has 1 aliphatic heterocycles. The second kappa shape index (κ2) is 8.57. The zero-order chi connectivity index (χ0) is 21.1. The molecule has 30 heavy (non-hydrogen) atoms. The summed E-state index contributed by atoms with van der Waals surface area (Å²) in [6.45, 7) is 9.52. The van der Waals surface area contributed by atoms with Crippen LogP contribution in [0.3, 0.4) is 0 Å². The number of carbonyl (C=O) groups excluding carboxylic acids is 1. The predicted molar refractivity (Wildman–Crippen MR) is 117 cm³/mol. The van der Waals surface area contributed by atoms with E-state index in [0.717, 1.165) is 30.2 Å². The van der Waals surface area contributed by atoms with E-state index in [1.807, 2.05) is 48.2 Å². The van der Waals surface area contributed by atoms with Gasteiger partial charge in [-0.3, -0.25) is 4.79 Å². The van der Waals surface area contributed by atoms with Gasteiger partial charge in [0.2, 0.25) is 0 Å². The first-order valence-electron chi connectivity index (χ1n) is 10.3. The number of nitrogens with zero attached hydrogens (tertiary/aromatic N) is 5.